The smallest absolute Gasteiger partial charge is 0.222 e. The highest BCUT2D eigenvalue weighted by Gasteiger charge is 2.21. The predicted octanol–water partition coefficient (Wildman–Crippen LogP) is 10.5. The molecule has 0 bridgehead atoms. The lowest BCUT2D eigenvalue weighted by molar-refractivity contribution is -0.125. The van der Waals surface area contributed by atoms with Gasteiger partial charge in [-0.1, -0.05) is 174 Å². The third-order valence-corrected chi connectivity index (χ3v) is 9.08. The van der Waals surface area contributed by atoms with Crippen LogP contribution < -0.4 is 5.32 Å². The van der Waals surface area contributed by atoms with E-state index in [2.05, 4.69) is 31.3 Å². The third kappa shape index (κ3) is 31.1. The normalized spacial score (nSPS) is 13.8. The van der Waals surface area contributed by atoms with Gasteiger partial charge < -0.3 is 20.6 Å². The Kier molecular flexibility index (Phi) is 34.2. The van der Waals surface area contributed by atoms with E-state index in [1.165, 1.54) is 141 Å². The highest BCUT2D eigenvalue weighted by Crippen LogP contribution is 2.16. The fourth-order valence-corrected chi connectivity index (χ4v) is 6.05. The van der Waals surface area contributed by atoms with Crippen LogP contribution in [0.5, 0.6) is 0 Å². The molecule has 5 nitrogen and oxygen atoms in total. The fraction of sp³-hybridized carbons (Fsp3) is 0.923. The van der Waals surface area contributed by atoms with Gasteiger partial charge in [-0.3, -0.25) is 4.79 Å². The van der Waals surface area contributed by atoms with Gasteiger partial charge in [-0.15, -0.1) is 0 Å². The van der Waals surface area contributed by atoms with Gasteiger partial charge in [0.15, 0.2) is 0 Å². The highest BCUT2D eigenvalue weighted by molar-refractivity contribution is 5.76. The first-order chi connectivity index (χ1) is 21.5. The lowest BCUT2D eigenvalue weighted by Gasteiger charge is -2.23. The monoisotopic (exact) mass is 624 g/mol. The van der Waals surface area contributed by atoms with E-state index >= 15 is 0 Å². The minimum Gasteiger partial charge on any atom is -0.394 e. The van der Waals surface area contributed by atoms with Crippen LogP contribution in [0.15, 0.2) is 12.2 Å². The van der Waals surface area contributed by atoms with Crippen molar-refractivity contribution in [2.45, 2.75) is 225 Å². The Bertz CT molecular complexity index is 611. The molecule has 0 fully saturated rings. The molecule has 44 heavy (non-hydrogen) atoms. The average Bonchev–Trinajstić information content (AvgIpc) is 3.01. The topological polar surface area (TPSA) is 89.8 Å². The molecule has 0 saturated carbocycles. The minimum absolute atomic E-state index is 0.0331. The molecule has 0 aliphatic rings. The van der Waals surface area contributed by atoms with Crippen molar-refractivity contribution in [1.82, 2.24) is 5.32 Å². The number of rotatable bonds is 35. The molecule has 0 aromatic rings. The SMILES string of the molecule is CCCCCC/C=C\CCCCCCCC(O)CC(=O)NC(CO)C(O)CCCCCCCCCCCCCCCCCC. The standard InChI is InChI=1S/C39H77NO4/c1-3-5-7-9-11-13-15-17-18-19-21-23-25-27-29-31-33-38(43)37(35-41)40-39(44)34-36(42)32-30-28-26-24-22-20-16-14-12-10-8-6-4-2/h14,16,36-38,41-43H,3-13,15,17-35H2,1-2H3,(H,40,44)/b16-14-. The van der Waals surface area contributed by atoms with Crippen molar-refractivity contribution < 1.29 is 20.1 Å². The summed E-state index contributed by atoms with van der Waals surface area (Å²) in [6.45, 7) is 4.24. The molecule has 0 aromatic heterocycles. The number of hydrogen-bond donors (Lipinski definition) is 4. The molecule has 0 aliphatic heterocycles. The lowest BCUT2D eigenvalue weighted by Crippen LogP contribution is -2.46. The highest BCUT2D eigenvalue weighted by atomic mass is 16.3. The number of aliphatic hydroxyl groups excluding tert-OH is 3. The van der Waals surface area contributed by atoms with Crippen molar-refractivity contribution in [2.75, 3.05) is 6.61 Å². The number of carbonyl (C=O) groups excluding carboxylic acids is 1. The first kappa shape index (κ1) is 43.1. The van der Waals surface area contributed by atoms with Gasteiger partial charge in [0, 0.05) is 0 Å². The van der Waals surface area contributed by atoms with E-state index < -0.39 is 18.2 Å². The van der Waals surface area contributed by atoms with E-state index in [9.17, 15) is 20.1 Å². The summed E-state index contributed by atoms with van der Waals surface area (Å²) in [5.41, 5.74) is 0. The van der Waals surface area contributed by atoms with Gasteiger partial charge in [0.1, 0.15) is 0 Å². The van der Waals surface area contributed by atoms with Crippen LogP contribution in [0.25, 0.3) is 0 Å². The molecular weight excluding hydrogens is 546 g/mol. The van der Waals surface area contributed by atoms with Crippen LogP contribution in [-0.2, 0) is 4.79 Å². The molecule has 0 aromatic carbocycles. The zero-order chi connectivity index (χ0) is 32.4. The summed E-state index contributed by atoms with van der Waals surface area (Å²) in [6, 6.07) is -0.656. The van der Waals surface area contributed by atoms with Gasteiger partial charge >= 0.3 is 0 Å². The van der Waals surface area contributed by atoms with E-state index in [0.717, 1.165) is 32.1 Å². The Balaban J connectivity index is 3.66. The number of amides is 1. The zero-order valence-corrected chi connectivity index (χ0v) is 29.6. The van der Waals surface area contributed by atoms with Crippen LogP contribution in [0.2, 0.25) is 0 Å². The number of allylic oxidation sites excluding steroid dienone is 2. The van der Waals surface area contributed by atoms with E-state index in [-0.39, 0.29) is 18.9 Å². The van der Waals surface area contributed by atoms with Crippen molar-refractivity contribution in [3.63, 3.8) is 0 Å². The summed E-state index contributed by atoms with van der Waals surface area (Å²) in [6.07, 6.45) is 38.7. The van der Waals surface area contributed by atoms with Crippen LogP contribution in [0.1, 0.15) is 206 Å². The van der Waals surface area contributed by atoms with Crippen molar-refractivity contribution in [3.05, 3.63) is 12.2 Å². The van der Waals surface area contributed by atoms with Gasteiger partial charge in [-0.25, -0.2) is 0 Å². The molecule has 1 amide bonds. The summed E-state index contributed by atoms with van der Waals surface area (Å²) >= 11 is 0. The summed E-state index contributed by atoms with van der Waals surface area (Å²) in [5.74, 6) is -0.288. The van der Waals surface area contributed by atoms with E-state index in [0.29, 0.717) is 12.8 Å². The van der Waals surface area contributed by atoms with Crippen LogP contribution in [-0.4, -0.2) is 46.1 Å². The molecule has 3 atom stereocenters. The maximum absolute atomic E-state index is 12.4. The summed E-state index contributed by atoms with van der Waals surface area (Å²) in [5, 5.41) is 33.2. The quantitative estimate of drug-likeness (QED) is 0.0418. The number of unbranched alkanes of at least 4 members (excludes halogenated alkanes) is 24. The molecule has 262 valence electrons. The van der Waals surface area contributed by atoms with E-state index in [1.807, 2.05) is 0 Å². The minimum atomic E-state index is -0.747. The van der Waals surface area contributed by atoms with Crippen molar-refractivity contribution >= 4 is 5.91 Å². The first-order valence-corrected chi connectivity index (χ1v) is 19.5. The Hall–Kier alpha value is -0.910. The molecule has 0 spiro atoms. The largest absolute Gasteiger partial charge is 0.394 e. The average molecular weight is 624 g/mol. The molecule has 4 N–H and O–H groups in total. The van der Waals surface area contributed by atoms with Gasteiger partial charge in [-0.05, 0) is 38.5 Å². The second-order valence-corrected chi connectivity index (χ2v) is 13.5. The van der Waals surface area contributed by atoms with Crippen LogP contribution in [0.4, 0.5) is 0 Å². The number of nitrogens with one attached hydrogen (secondary N) is 1. The molecule has 3 unspecified atom stereocenters. The van der Waals surface area contributed by atoms with Crippen LogP contribution >= 0.6 is 0 Å². The number of hydrogen-bond acceptors (Lipinski definition) is 4. The second-order valence-electron chi connectivity index (χ2n) is 13.5. The molecule has 0 heterocycles. The Morgan fingerprint density at radius 2 is 0.909 bits per heavy atom. The zero-order valence-electron chi connectivity index (χ0n) is 29.6. The fourth-order valence-electron chi connectivity index (χ4n) is 6.05. The molecule has 5 heteroatoms. The summed E-state index contributed by atoms with van der Waals surface area (Å²) in [4.78, 5) is 12.4. The van der Waals surface area contributed by atoms with Crippen molar-refractivity contribution in [1.29, 1.82) is 0 Å². The van der Waals surface area contributed by atoms with Gasteiger partial charge in [-0.2, -0.15) is 0 Å². The van der Waals surface area contributed by atoms with E-state index in [4.69, 9.17) is 0 Å². The maximum Gasteiger partial charge on any atom is 0.222 e. The molecular formula is C39H77NO4. The summed E-state index contributed by atoms with van der Waals surface area (Å²) < 4.78 is 0. The van der Waals surface area contributed by atoms with Crippen LogP contribution in [0, 0.1) is 0 Å². The Morgan fingerprint density at radius 3 is 1.34 bits per heavy atom. The number of aliphatic hydroxyl groups is 3. The molecule has 0 radical (unpaired) electrons. The first-order valence-electron chi connectivity index (χ1n) is 19.5. The van der Waals surface area contributed by atoms with E-state index in [1.54, 1.807) is 0 Å². The lowest BCUT2D eigenvalue weighted by atomic mass is 10.0. The molecule has 0 rings (SSSR count). The Morgan fingerprint density at radius 1 is 0.545 bits per heavy atom. The second kappa shape index (κ2) is 35.0. The molecule has 0 saturated heterocycles. The van der Waals surface area contributed by atoms with Crippen molar-refractivity contribution in [3.8, 4) is 0 Å². The summed E-state index contributed by atoms with van der Waals surface area (Å²) in [7, 11) is 0. The Labute approximate surface area is 274 Å². The number of carbonyl (C=O) groups is 1. The molecule has 0 aliphatic carbocycles. The third-order valence-electron chi connectivity index (χ3n) is 9.08. The van der Waals surface area contributed by atoms with Crippen LogP contribution in [0.3, 0.4) is 0 Å². The maximum atomic E-state index is 12.4. The van der Waals surface area contributed by atoms with Gasteiger partial charge in [0.05, 0.1) is 31.3 Å². The van der Waals surface area contributed by atoms with Gasteiger partial charge in [0.2, 0.25) is 5.91 Å². The predicted molar refractivity (Wildman–Crippen MR) is 190 cm³/mol. The van der Waals surface area contributed by atoms with Gasteiger partial charge in [0.25, 0.3) is 0 Å². The van der Waals surface area contributed by atoms with Crippen molar-refractivity contribution in [2.24, 2.45) is 0 Å².